The summed E-state index contributed by atoms with van der Waals surface area (Å²) < 4.78 is 10.4. The van der Waals surface area contributed by atoms with E-state index in [1.54, 1.807) is 42.6 Å². The molecule has 1 aromatic carbocycles. The fourth-order valence-electron chi connectivity index (χ4n) is 1.89. The average Bonchev–Trinajstić information content (AvgIpc) is 2.52. The number of aliphatic carboxylic acids is 1. The van der Waals surface area contributed by atoms with Crippen molar-refractivity contribution < 1.29 is 19.4 Å². The molecule has 108 valence electrons. The van der Waals surface area contributed by atoms with Crippen molar-refractivity contribution in [2.75, 3.05) is 14.2 Å². The van der Waals surface area contributed by atoms with Crippen molar-refractivity contribution in [2.24, 2.45) is 0 Å². The Kier molecular flexibility index (Phi) is 4.56. The van der Waals surface area contributed by atoms with Crippen molar-refractivity contribution in [1.82, 2.24) is 4.98 Å². The molecule has 0 spiro atoms. The molecule has 0 saturated heterocycles. The number of hydrogen-bond acceptors (Lipinski definition) is 4. The number of carboxylic acids is 1. The number of hydrogen-bond donors (Lipinski definition) is 1. The first-order chi connectivity index (χ1) is 10.2. The van der Waals surface area contributed by atoms with Gasteiger partial charge in [0.15, 0.2) is 0 Å². The summed E-state index contributed by atoms with van der Waals surface area (Å²) in [6, 6.07) is 10.3. The van der Waals surface area contributed by atoms with E-state index in [0.717, 1.165) is 0 Å². The van der Waals surface area contributed by atoms with Gasteiger partial charge in [0.25, 0.3) is 0 Å². The fourth-order valence-corrected chi connectivity index (χ4v) is 1.89. The van der Waals surface area contributed by atoms with Crippen LogP contribution in [0.15, 0.2) is 42.6 Å². The maximum Gasteiger partial charge on any atom is 0.336 e. The quantitative estimate of drug-likeness (QED) is 0.855. The summed E-state index contributed by atoms with van der Waals surface area (Å²) in [5, 5.41) is 9.48. The number of nitrogens with zero attached hydrogens (tertiary/aromatic N) is 1. The molecule has 2 rings (SSSR count). The molecular weight excluding hydrogens is 270 g/mol. The number of pyridine rings is 1. The third-order valence-electron chi connectivity index (χ3n) is 2.91. The Morgan fingerprint density at radius 2 is 2.00 bits per heavy atom. The van der Waals surface area contributed by atoms with Crippen LogP contribution in [0.1, 0.15) is 11.3 Å². The summed E-state index contributed by atoms with van der Waals surface area (Å²) in [6.07, 6.45) is 3.10. The Hall–Kier alpha value is -2.82. The van der Waals surface area contributed by atoms with Crippen LogP contribution in [-0.2, 0) is 4.79 Å². The molecule has 0 atom stereocenters. The van der Waals surface area contributed by atoms with Crippen LogP contribution in [-0.4, -0.2) is 30.3 Å². The third-order valence-corrected chi connectivity index (χ3v) is 2.91. The molecule has 0 aliphatic carbocycles. The Labute approximate surface area is 122 Å². The van der Waals surface area contributed by atoms with Crippen LogP contribution in [0.2, 0.25) is 0 Å². The van der Waals surface area contributed by atoms with E-state index in [9.17, 15) is 9.90 Å². The number of aromatic nitrogens is 1. The summed E-state index contributed by atoms with van der Waals surface area (Å²) in [5.74, 6) is -0.0495. The summed E-state index contributed by atoms with van der Waals surface area (Å²) >= 11 is 0. The topological polar surface area (TPSA) is 68.7 Å². The molecule has 0 aliphatic rings. The van der Waals surface area contributed by atoms with Gasteiger partial charge in [0.1, 0.15) is 11.5 Å². The van der Waals surface area contributed by atoms with Crippen LogP contribution < -0.4 is 9.47 Å². The normalized spacial score (nSPS) is 11.0. The molecule has 2 aromatic rings. The SMILES string of the molecule is COc1ccc(OC)c(/C(=C/c2ccccn2)C(=O)O)c1. The smallest absolute Gasteiger partial charge is 0.336 e. The highest BCUT2D eigenvalue weighted by Gasteiger charge is 2.16. The van der Waals surface area contributed by atoms with Crippen molar-refractivity contribution in [3.8, 4) is 11.5 Å². The predicted molar refractivity (Wildman–Crippen MR) is 79.3 cm³/mol. The third kappa shape index (κ3) is 3.39. The van der Waals surface area contributed by atoms with Gasteiger partial charge in [0, 0.05) is 11.8 Å². The summed E-state index contributed by atoms with van der Waals surface area (Å²) in [4.78, 5) is 15.7. The first-order valence-corrected chi connectivity index (χ1v) is 6.24. The van der Waals surface area contributed by atoms with E-state index in [2.05, 4.69) is 4.98 Å². The lowest BCUT2D eigenvalue weighted by molar-refractivity contribution is -0.130. The van der Waals surface area contributed by atoms with Crippen molar-refractivity contribution in [1.29, 1.82) is 0 Å². The van der Waals surface area contributed by atoms with Crippen molar-refractivity contribution in [3.63, 3.8) is 0 Å². The van der Waals surface area contributed by atoms with Gasteiger partial charge in [-0.15, -0.1) is 0 Å². The summed E-state index contributed by atoms with van der Waals surface area (Å²) in [7, 11) is 3.01. The van der Waals surface area contributed by atoms with E-state index in [-0.39, 0.29) is 5.57 Å². The Balaban J connectivity index is 2.58. The fraction of sp³-hybridized carbons (Fsp3) is 0.125. The van der Waals surface area contributed by atoms with Gasteiger partial charge in [0.05, 0.1) is 25.5 Å². The molecule has 1 heterocycles. The molecule has 1 N–H and O–H groups in total. The zero-order chi connectivity index (χ0) is 15.2. The van der Waals surface area contributed by atoms with E-state index in [4.69, 9.17) is 9.47 Å². The molecular formula is C16H15NO4. The highest BCUT2D eigenvalue weighted by Crippen LogP contribution is 2.31. The van der Waals surface area contributed by atoms with E-state index in [1.165, 1.54) is 20.3 Å². The van der Waals surface area contributed by atoms with Crippen molar-refractivity contribution in [3.05, 3.63) is 53.9 Å². The zero-order valence-corrected chi connectivity index (χ0v) is 11.7. The standard InChI is InChI=1S/C16H15NO4/c1-20-12-6-7-15(21-2)13(10-12)14(16(18)19)9-11-5-3-4-8-17-11/h3-10H,1-2H3,(H,18,19)/b14-9-. The molecule has 5 nitrogen and oxygen atoms in total. The van der Waals surface area contributed by atoms with Gasteiger partial charge in [-0.2, -0.15) is 0 Å². The van der Waals surface area contributed by atoms with E-state index < -0.39 is 5.97 Å². The van der Waals surface area contributed by atoms with Crippen LogP contribution in [0.5, 0.6) is 11.5 Å². The number of methoxy groups -OCH3 is 2. The number of carbonyl (C=O) groups is 1. The van der Waals surface area contributed by atoms with E-state index in [1.807, 2.05) is 0 Å². The Morgan fingerprint density at radius 3 is 2.57 bits per heavy atom. The van der Waals surface area contributed by atoms with Crippen LogP contribution >= 0.6 is 0 Å². The second-order valence-electron chi connectivity index (χ2n) is 4.18. The Bertz CT molecular complexity index is 665. The molecule has 0 amide bonds. The molecule has 1 aromatic heterocycles. The number of benzene rings is 1. The summed E-state index contributed by atoms with van der Waals surface area (Å²) in [5.41, 5.74) is 1.08. The van der Waals surface area contributed by atoms with E-state index in [0.29, 0.717) is 22.8 Å². The van der Waals surface area contributed by atoms with Gasteiger partial charge in [-0.3, -0.25) is 4.98 Å². The Morgan fingerprint density at radius 1 is 1.19 bits per heavy atom. The number of ether oxygens (including phenoxy) is 2. The highest BCUT2D eigenvalue weighted by atomic mass is 16.5. The van der Waals surface area contributed by atoms with E-state index >= 15 is 0 Å². The average molecular weight is 285 g/mol. The monoisotopic (exact) mass is 285 g/mol. The molecule has 0 saturated carbocycles. The number of rotatable bonds is 5. The minimum atomic E-state index is -1.06. The van der Waals surface area contributed by atoms with Crippen LogP contribution in [0.4, 0.5) is 0 Å². The van der Waals surface area contributed by atoms with Crippen LogP contribution in [0.25, 0.3) is 11.6 Å². The van der Waals surface area contributed by atoms with Crippen LogP contribution in [0, 0.1) is 0 Å². The minimum absolute atomic E-state index is 0.0875. The van der Waals surface area contributed by atoms with Gasteiger partial charge in [0.2, 0.25) is 0 Å². The minimum Gasteiger partial charge on any atom is -0.497 e. The molecule has 0 unspecified atom stereocenters. The maximum absolute atomic E-state index is 11.6. The molecule has 0 aliphatic heterocycles. The molecule has 5 heteroatoms. The van der Waals surface area contributed by atoms with Crippen molar-refractivity contribution in [2.45, 2.75) is 0 Å². The van der Waals surface area contributed by atoms with Gasteiger partial charge >= 0.3 is 5.97 Å². The maximum atomic E-state index is 11.6. The second kappa shape index (κ2) is 6.56. The zero-order valence-electron chi connectivity index (χ0n) is 11.7. The number of carboxylic acid groups (broad SMARTS) is 1. The second-order valence-corrected chi connectivity index (χ2v) is 4.18. The largest absolute Gasteiger partial charge is 0.497 e. The van der Waals surface area contributed by atoms with Gasteiger partial charge in [-0.25, -0.2) is 4.79 Å². The van der Waals surface area contributed by atoms with Crippen molar-refractivity contribution >= 4 is 17.6 Å². The highest BCUT2D eigenvalue weighted by molar-refractivity contribution is 6.21. The van der Waals surface area contributed by atoms with Gasteiger partial charge in [-0.1, -0.05) is 6.07 Å². The van der Waals surface area contributed by atoms with Gasteiger partial charge < -0.3 is 14.6 Å². The molecule has 0 fully saturated rings. The summed E-state index contributed by atoms with van der Waals surface area (Å²) in [6.45, 7) is 0. The first kappa shape index (κ1) is 14.6. The predicted octanol–water partition coefficient (Wildman–Crippen LogP) is 2.72. The lowest BCUT2D eigenvalue weighted by Crippen LogP contribution is -2.03. The lowest BCUT2D eigenvalue weighted by Gasteiger charge is -2.11. The van der Waals surface area contributed by atoms with Crippen LogP contribution in [0.3, 0.4) is 0 Å². The molecule has 0 radical (unpaired) electrons. The molecule has 0 bridgehead atoms. The van der Waals surface area contributed by atoms with Gasteiger partial charge in [-0.05, 0) is 36.4 Å². The molecule has 21 heavy (non-hydrogen) atoms. The first-order valence-electron chi connectivity index (χ1n) is 6.24. The lowest BCUT2D eigenvalue weighted by atomic mass is 10.0.